The highest BCUT2D eigenvalue weighted by Gasteiger charge is 2.25. The number of nitrogens with one attached hydrogen (secondary N) is 1. The third-order valence-electron chi connectivity index (χ3n) is 6.34. The van der Waals surface area contributed by atoms with Crippen molar-refractivity contribution in [2.45, 2.75) is 33.3 Å². The Balaban J connectivity index is 1.53. The summed E-state index contributed by atoms with van der Waals surface area (Å²) in [6.45, 7) is 5.78. The summed E-state index contributed by atoms with van der Waals surface area (Å²) in [5.41, 5.74) is 2.99. The van der Waals surface area contributed by atoms with E-state index in [9.17, 15) is 9.59 Å². The molecule has 0 radical (unpaired) electrons. The summed E-state index contributed by atoms with van der Waals surface area (Å²) in [7, 11) is 0. The minimum absolute atomic E-state index is 0.120. The molecule has 4 aromatic rings. The minimum atomic E-state index is -0.216. The van der Waals surface area contributed by atoms with Gasteiger partial charge >= 0.3 is 0 Å². The van der Waals surface area contributed by atoms with Crippen molar-refractivity contribution in [3.05, 3.63) is 92.3 Å². The van der Waals surface area contributed by atoms with E-state index in [0.29, 0.717) is 47.1 Å². The van der Waals surface area contributed by atoms with E-state index in [4.69, 9.17) is 9.72 Å². The predicted octanol–water partition coefficient (Wildman–Crippen LogP) is 5.34. The number of ether oxygens (including phenoxy) is 1. The van der Waals surface area contributed by atoms with Crippen LogP contribution in [0.25, 0.3) is 21.9 Å². The number of likely N-dealkylation sites (tertiary alicyclic amines) is 1. The molecule has 35 heavy (non-hydrogen) atoms. The lowest BCUT2D eigenvalue weighted by Crippen LogP contribution is -2.29. The average molecular weight is 486 g/mol. The molecule has 0 unspecified atom stereocenters. The number of rotatable bonds is 6. The number of thiophene rings is 1. The number of amides is 1. The number of nitrogens with zero attached hydrogens (tertiary/aromatic N) is 2. The Morgan fingerprint density at radius 3 is 2.66 bits per heavy atom. The molecule has 0 atom stereocenters. The molecule has 0 bridgehead atoms. The first-order valence-corrected chi connectivity index (χ1v) is 12.6. The van der Waals surface area contributed by atoms with Crippen LogP contribution in [0.4, 0.5) is 0 Å². The fourth-order valence-corrected chi connectivity index (χ4v) is 5.34. The van der Waals surface area contributed by atoms with Crippen LogP contribution in [0.1, 0.15) is 40.2 Å². The Labute approximate surface area is 207 Å². The molecule has 178 valence electrons. The molecule has 6 nitrogen and oxygen atoms in total. The molecule has 0 saturated carbocycles. The Morgan fingerprint density at radius 2 is 1.89 bits per heavy atom. The first-order valence-electron chi connectivity index (χ1n) is 11.8. The molecule has 1 fully saturated rings. The molecular weight excluding hydrogens is 458 g/mol. The molecule has 2 aromatic carbocycles. The summed E-state index contributed by atoms with van der Waals surface area (Å²) in [5, 5.41) is 0.598. The molecule has 0 spiro atoms. The molecule has 2 aromatic heterocycles. The zero-order valence-electron chi connectivity index (χ0n) is 19.8. The van der Waals surface area contributed by atoms with Gasteiger partial charge in [-0.2, -0.15) is 0 Å². The van der Waals surface area contributed by atoms with Crippen molar-refractivity contribution >= 4 is 39.1 Å². The van der Waals surface area contributed by atoms with Gasteiger partial charge in [-0.15, -0.1) is 11.3 Å². The van der Waals surface area contributed by atoms with Crippen molar-refractivity contribution in [1.29, 1.82) is 0 Å². The Hall–Kier alpha value is -3.71. The van der Waals surface area contributed by atoms with Gasteiger partial charge in [-0.3, -0.25) is 9.59 Å². The molecule has 1 saturated heterocycles. The van der Waals surface area contributed by atoms with Crippen LogP contribution >= 0.6 is 11.3 Å². The Kier molecular flexibility index (Phi) is 6.51. The van der Waals surface area contributed by atoms with Gasteiger partial charge in [-0.1, -0.05) is 42.5 Å². The van der Waals surface area contributed by atoms with Crippen molar-refractivity contribution in [3.63, 3.8) is 0 Å². The van der Waals surface area contributed by atoms with Gasteiger partial charge < -0.3 is 14.6 Å². The number of fused-ring (bicyclic) bond motifs is 1. The number of carbonyl (C=O) groups excluding carboxylic acids is 1. The highest BCUT2D eigenvalue weighted by molar-refractivity contribution is 7.18. The molecule has 1 amide bonds. The molecule has 1 N–H and O–H groups in total. The van der Waals surface area contributed by atoms with Crippen LogP contribution in [0, 0.1) is 13.8 Å². The number of aromatic amines is 1. The molecular formula is C28H27N3O3S. The van der Waals surface area contributed by atoms with Crippen molar-refractivity contribution in [1.82, 2.24) is 14.9 Å². The van der Waals surface area contributed by atoms with Gasteiger partial charge in [0.1, 0.15) is 23.0 Å². The topological polar surface area (TPSA) is 75.3 Å². The second-order valence-electron chi connectivity index (χ2n) is 8.78. The largest absolute Gasteiger partial charge is 0.489 e. The van der Waals surface area contributed by atoms with E-state index >= 15 is 0 Å². The number of aryl methyl sites for hydroxylation is 2. The van der Waals surface area contributed by atoms with Crippen LogP contribution in [-0.4, -0.2) is 33.9 Å². The van der Waals surface area contributed by atoms with Gasteiger partial charge in [0, 0.05) is 18.0 Å². The van der Waals surface area contributed by atoms with Gasteiger partial charge in [0.15, 0.2) is 0 Å². The second kappa shape index (κ2) is 9.88. The zero-order valence-corrected chi connectivity index (χ0v) is 20.7. The summed E-state index contributed by atoms with van der Waals surface area (Å²) in [4.78, 5) is 37.6. The molecule has 1 aliphatic heterocycles. The van der Waals surface area contributed by atoms with E-state index in [1.807, 2.05) is 73.3 Å². The number of aromatic nitrogens is 2. The van der Waals surface area contributed by atoms with Crippen molar-refractivity contribution in [2.24, 2.45) is 0 Å². The first kappa shape index (κ1) is 23.1. The van der Waals surface area contributed by atoms with Crippen LogP contribution in [-0.2, 0) is 11.4 Å². The number of H-pyrrole nitrogens is 1. The van der Waals surface area contributed by atoms with Crippen LogP contribution in [0.3, 0.4) is 0 Å². The maximum atomic E-state index is 13.5. The van der Waals surface area contributed by atoms with Gasteiger partial charge in [-0.25, -0.2) is 4.98 Å². The van der Waals surface area contributed by atoms with E-state index in [2.05, 4.69) is 4.98 Å². The third-order valence-corrected chi connectivity index (χ3v) is 7.44. The molecule has 5 rings (SSSR count). The molecule has 3 heterocycles. The highest BCUT2D eigenvalue weighted by atomic mass is 32.1. The Bertz CT molecular complexity index is 1460. The fourth-order valence-electron chi connectivity index (χ4n) is 4.31. The van der Waals surface area contributed by atoms with Crippen molar-refractivity contribution in [2.75, 3.05) is 13.1 Å². The van der Waals surface area contributed by atoms with Gasteiger partial charge in [0.25, 0.3) is 11.5 Å². The first-order chi connectivity index (χ1) is 17.0. The van der Waals surface area contributed by atoms with Crippen LogP contribution in [0.15, 0.2) is 59.4 Å². The average Bonchev–Trinajstić information content (AvgIpc) is 3.50. The van der Waals surface area contributed by atoms with Gasteiger partial charge in [-0.05, 0) is 61.6 Å². The minimum Gasteiger partial charge on any atom is -0.489 e. The molecule has 0 aliphatic carbocycles. The molecule has 1 aliphatic rings. The summed E-state index contributed by atoms with van der Waals surface area (Å²) in [5.74, 6) is 0.888. The van der Waals surface area contributed by atoms with E-state index < -0.39 is 0 Å². The summed E-state index contributed by atoms with van der Waals surface area (Å²) >= 11 is 1.48. The SMILES string of the molecule is Cc1sc2nc(/C(=C/c3cccc(OCc4ccccc4)c3)C(=O)N3CCCC3)[nH]c(=O)c2c1C. The number of benzene rings is 2. The quantitative estimate of drug-likeness (QED) is 0.374. The number of carbonyl (C=O) groups is 1. The highest BCUT2D eigenvalue weighted by Crippen LogP contribution is 2.28. The summed E-state index contributed by atoms with van der Waals surface area (Å²) in [6.07, 6.45) is 3.76. The van der Waals surface area contributed by atoms with Gasteiger partial charge in [0.05, 0.1) is 11.0 Å². The van der Waals surface area contributed by atoms with Gasteiger partial charge in [0.2, 0.25) is 0 Å². The normalized spacial score (nSPS) is 14.0. The van der Waals surface area contributed by atoms with E-state index in [1.165, 1.54) is 11.3 Å². The van der Waals surface area contributed by atoms with E-state index in [0.717, 1.165) is 34.4 Å². The smallest absolute Gasteiger partial charge is 0.260 e. The summed E-state index contributed by atoms with van der Waals surface area (Å²) in [6, 6.07) is 17.6. The Morgan fingerprint density at radius 1 is 1.11 bits per heavy atom. The standard InChI is InChI=1S/C28H27N3O3S/c1-18-19(2)35-27-24(18)26(32)29-25(30-27)23(28(33)31-13-6-7-14-31)16-21-11-8-12-22(15-21)34-17-20-9-4-3-5-10-20/h3-5,8-12,15-16H,6-7,13-14,17H2,1-2H3,(H,29,30,32)/b23-16-. The van der Waals surface area contributed by atoms with E-state index in [1.54, 1.807) is 6.08 Å². The van der Waals surface area contributed by atoms with Crippen LogP contribution in [0.2, 0.25) is 0 Å². The zero-order chi connectivity index (χ0) is 24.4. The van der Waals surface area contributed by atoms with Crippen LogP contribution < -0.4 is 10.3 Å². The fraction of sp³-hybridized carbons (Fsp3) is 0.250. The number of hydrogen-bond acceptors (Lipinski definition) is 5. The van der Waals surface area contributed by atoms with Crippen molar-refractivity contribution < 1.29 is 9.53 Å². The lowest BCUT2D eigenvalue weighted by Gasteiger charge is -2.17. The van der Waals surface area contributed by atoms with E-state index in [-0.39, 0.29) is 11.5 Å². The number of hydrogen-bond donors (Lipinski definition) is 1. The monoisotopic (exact) mass is 485 g/mol. The summed E-state index contributed by atoms with van der Waals surface area (Å²) < 4.78 is 5.98. The maximum Gasteiger partial charge on any atom is 0.260 e. The predicted molar refractivity (Wildman–Crippen MR) is 141 cm³/mol. The second-order valence-corrected chi connectivity index (χ2v) is 9.99. The lowest BCUT2D eigenvalue weighted by molar-refractivity contribution is -0.123. The van der Waals surface area contributed by atoms with Crippen LogP contribution in [0.5, 0.6) is 5.75 Å². The third kappa shape index (κ3) is 4.91. The molecule has 7 heteroatoms. The maximum absolute atomic E-state index is 13.5. The van der Waals surface area contributed by atoms with Crippen molar-refractivity contribution in [3.8, 4) is 5.75 Å². The lowest BCUT2D eigenvalue weighted by atomic mass is 10.1.